The van der Waals surface area contributed by atoms with Gasteiger partial charge in [0.1, 0.15) is 12.4 Å². The highest BCUT2D eigenvalue weighted by Crippen LogP contribution is 2.25. The van der Waals surface area contributed by atoms with Crippen LogP contribution in [0.4, 0.5) is 0 Å². The van der Waals surface area contributed by atoms with Crippen molar-refractivity contribution in [3.8, 4) is 5.75 Å². The summed E-state index contributed by atoms with van der Waals surface area (Å²) in [6, 6.07) is 7.25. The monoisotopic (exact) mass is 331 g/mol. The minimum absolute atomic E-state index is 0.106. The maximum atomic E-state index is 12.2. The molecule has 1 atom stereocenters. The lowest BCUT2D eigenvalue weighted by Crippen LogP contribution is -2.39. The third kappa shape index (κ3) is 4.79. The fourth-order valence-electron chi connectivity index (χ4n) is 1.82. The summed E-state index contributed by atoms with van der Waals surface area (Å²) in [5, 5.41) is 0.797. The van der Waals surface area contributed by atoms with Crippen molar-refractivity contribution in [3.63, 3.8) is 0 Å². The summed E-state index contributed by atoms with van der Waals surface area (Å²) in [6.07, 6.45) is 0. The van der Waals surface area contributed by atoms with E-state index in [-0.39, 0.29) is 11.2 Å². The molecule has 2 rings (SSSR count). The van der Waals surface area contributed by atoms with Crippen molar-refractivity contribution in [3.05, 3.63) is 29.3 Å². The SMILES string of the molecule is CN(CCOc1ccc(Cl)cc1)C(=O)C1CSCCS1. The molecule has 1 fully saturated rings. The van der Waals surface area contributed by atoms with Gasteiger partial charge in [-0.1, -0.05) is 11.6 Å². The van der Waals surface area contributed by atoms with Crippen LogP contribution in [0.2, 0.25) is 5.02 Å². The molecular formula is C14H18ClNO2S2. The predicted octanol–water partition coefficient (Wildman–Crippen LogP) is 3.03. The number of ether oxygens (including phenoxy) is 1. The second-order valence-corrected chi connectivity index (χ2v) is 7.39. The topological polar surface area (TPSA) is 29.5 Å². The molecule has 0 aromatic heterocycles. The second kappa shape index (κ2) is 8.05. The van der Waals surface area contributed by atoms with Crippen molar-refractivity contribution >= 4 is 41.0 Å². The number of thioether (sulfide) groups is 2. The smallest absolute Gasteiger partial charge is 0.236 e. The Morgan fingerprint density at radius 3 is 2.80 bits per heavy atom. The number of rotatable bonds is 5. The molecule has 0 radical (unpaired) electrons. The molecule has 110 valence electrons. The lowest BCUT2D eigenvalue weighted by molar-refractivity contribution is -0.129. The molecule has 1 aromatic rings. The van der Waals surface area contributed by atoms with Crippen molar-refractivity contribution in [2.75, 3.05) is 37.5 Å². The Bertz CT molecular complexity index is 435. The van der Waals surface area contributed by atoms with Crippen LogP contribution in [0.1, 0.15) is 0 Å². The van der Waals surface area contributed by atoms with Crippen LogP contribution in [0.5, 0.6) is 5.75 Å². The van der Waals surface area contributed by atoms with Crippen LogP contribution in [0, 0.1) is 0 Å². The van der Waals surface area contributed by atoms with Gasteiger partial charge in [-0.15, -0.1) is 11.8 Å². The Labute approximate surface area is 133 Å². The number of hydrogen-bond acceptors (Lipinski definition) is 4. The fraction of sp³-hybridized carbons (Fsp3) is 0.500. The van der Waals surface area contributed by atoms with Gasteiger partial charge in [-0.3, -0.25) is 4.79 Å². The number of halogens is 1. The van der Waals surface area contributed by atoms with E-state index in [2.05, 4.69) is 0 Å². The van der Waals surface area contributed by atoms with Crippen LogP contribution >= 0.6 is 35.1 Å². The molecule has 0 bridgehead atoms. The van der Waals surface area contributed by atoms with Crippen LogP contribution in [-0.4, -0.2) is 53.5 Å². The third-order valence-corrected chi connectivity index (χ3v) is 5.97. The molecule has 6 heteroatoms. The average molecular weight is 332 g/mol. The third-order valence-electron chi connectivity index (χ3n) is 2.98. The summed E-state index contributed by atoms with van der Waals surface area (Å²) in [5.41, 5.74) is 0. The number of amides is 1. The zero-order chi connectivity index (χ0) is 14.4. The Hall–Kier alpha value is -0.520. The second-order valence-electron chi connectivity index (χ2n) is 4.50. The van der Waals surface area contributed by atoms with Crippen LogP contribution < -0.4 is 4.74 Å². The maximum absolute atomic E-state index is 12.2. The van der Waals surface area contributed by atoms with Crippen LogP contribution in [-0.2, 0) is 4.79 Å². The Balaban J connectivity index is 1.72. The Morgan fingerprint density at radius 2 is 2.15 bits per heavy atom. The Kier molecular flexibility index (Phi) is 6.39. The number of carbonyl (C=O) groups excluding carboxylic acids is 1. The van der Waals surface area contributed by atoms with Crippen LogP contribution in [0.15, 0.2) is 24.3 Å². The molecule has 0 saturated carbocycles. The quantitative estimate of drug-likeness (QED) is 0.829. The number of benzene rings is 1. The minimum Gasteiger partial charge on any atom is -0.492 e. The highest BCUT2D eigenvalue weighted by Gasteiger charge is 2.24. The number of likely N-dealkylation sites (N-methyl/N-ethyl adjacent to an activating group) is 1. The number of nitrogens with zero attached hydrogens (tertiary/aromatic N) is 1. The van der Waals surface area contributed by atoms with Gasteiger partial charge in [0.05, 0.1) is 11.8 Å². The molecule has 0 N–H and O–H groups in total. The first-order chi connectivity index (χ1) is 9.66. The summed E-state index contributed by atoms with van der Waals surface area (Å²) in [7, 11) is 1.84. The van der Waals surface area contributed by atoms with E-state index < -0.39 is 0 Å². The first-order valence-electron chi connectivity index (χ1n) is 6.49. The normalized spacial score (nSPS) is 18.6. The average Bonchev–Trinajstić information content (AvgIpc) is 2.49. The zero-order valence-electron chi connectivity index (χ0n) is 11.4. The van der Waals surface area contributed by atoms with Gasteiger partial charge in [-0.05, 0) is 24.3 Å². The fourth-order valence-corrected chi connectivity index (χ4v) is 4.60. The summed E-state index contributed by atoms with van der Waals surface area (Å²) >= 11 is 9.43. The molecule has 1 aromatic carbocycles. The van der Waals surface area contributed by atoms with Gasteiger partial charge in [0.25, 0.3) is 0 Å². The van der Waals surface area contributed by atoms with Crippen molar-refractivity contribution in [2.45, 2.75) is 5.25 Å². The van der Waals surface area contributed by atoms with E-state index in [9.17, 15) is 4.79 Å². The van der Waals surface area contributed by atoms with E-state index in [1.54, 1.807) is 28.8 Å². The lowest BCUT2D eigenvalue weighted by Gasteiger charge is -2.25. The van der Waals surface area contributed by atoms with Crippen molar-refractivity contribution in [1.29, 1.82) is 0 Å². The van der Waals surface area contributed by atoms with Gasteiger partial charge < -0.3 is 9.64 Å². The molecular weight excluding hydrogens is 314 g/mol. The minimum atomic E-state index is 0.106. The first-order valence-corrected chi connectivity index (χ1v) is 9.07. The lowest BCUT2D eigenvalue weighted by atomic mass is 10.3. The number of carbonyl (C=O) groups is 1. The van der Waals surface area contributed by atoms with Gasteiger partial charge in [-0.2, -0.15) is 11.8 Å². The van der Waals surface area contributed by atoms with Gasteiger partial charge in [0.2, 0.25) is 5.91 Å². The standard InChI is InChI=1S/C14H18ClNO2S2/c1-16(14(17)13-10-19-8-9-20-13)6-7-18-12-4-2-11(15)3-5-12/h2-5,13H,6-10H2,1H3. The summed E-state index contributed by atoms with van der Waals surface area (Å²) < 4.78 is 5.60. The molecule has 0 spiro atoms. The molecule has 1 aliphatic heterocycles. The van der Waals surface area contributed by atoms with Crippen molar-refractivity contribution < 1.29 is 9.53 Å². The van der Waals surface area contributed by atoms with Gasteiger partial charge >= 0.3 is 0 Å². The maximum Gasteiger partial charge on any atom is 0.236 e. The van der Waals surface area contributed by atoms with Gasteiger partial charge in [-0.25, -0.2) is 0 Å². The molecule has 1 saturated heterocycles. The van der Waals surface area contributed by atoms with Crippen molar-refractivity contribution in [1.82, 2.24) is 4.90 Å². The highest BCUT2D eigenvalue weighted by molar-refractivity contribution is 8.07. The zero-order valence-corrected chi connectivity index (χ0v) is 13.8. The molecule has 1 amide bonds. The van der Waals surface area contributed by atoms with E-state index in [1.807, 2.05) is 30.9 Å². The van der Waals surface area contributed by atoms with E-state index >= 15 is 0 Å². The molecule has 1 unspecified atom stereocenters. The van der Waals surface area contributed by atoms with E-state index in [1.165, 1.54) is 0 Å². The van der Waals surface area contributed by atoms with Crippen LogP contribution in [0.3, 0.4) is 0 Å². The molecule has 20 heavy (non-hydrogen) atoms. The summed E-state index contributed by atoms with van der Waals surface area (Å²) in [5.74, 6) is 4.12. The van der Waals surface area contributed by atoms with Crippen LogP contribution in [0.25, 0.3) is 0 Å². The summed E-state index contributed by atoms with van der Waals surface area (Å²) in [4.78, 5) is 14.0. The van der Waals surface area contributed by atoms with Gasteiger partial charge in [0, 0.05) is 29.3 Å². The van der Waals surface area contributed by atoms with E-state index in [0.717, 1.165) is 23.0 Å². The molecule has 0 aliphatic carbocycles. The van der Waals surface area contributed by atoms with Gasteiger partial charge in [0.15, 0.2) is 0 Å². The number of hydrogen-bond donors (Lipinski definition) is 0. The van der Waals surface area contributed by atoms with E-state index in [0.29, 0.717) is 18.2 Å². The van der Waals surface area contributed by atoms with E-state index in [4.69, 9.17) is 16.3 Å². The Morgan fingerprint density at radius 1 is 1.40 bits per heavy atom. The van der Waals surface area contributed by atoms with Crippen molar-refractivity contribution in [2.24, 2.45) is 0 Å². The first kappa shape index (κ1) is 15.9. The summed E-state index contributed by atoms with van der Waals surface area (Å²) in [6.45, 7) is 1.09. The molecule has 1 heterocycles. The largest absolute Gasteiger partial charge is 0.492 e. The highest BCUT2D eigenvalue weighted by atomic mass is 35.5. The molecule has 1 aliphatic rings. The molecule has 3 nitrogen and oxygen atoms in total. The predicted molar refractivity (Wildman–Crippen MR) is 88.2 cm³/mol.